The maximum absolute atomic E-state index is 9.24. The minimum Gasteiger partial charge on any atom is -0.480 e. The van der Waals surface area contributed by atoms with E-state index in [1.807, 2.05) is 0 Å². The fourth-order valence-corrected chi connectivity index (χ4v) is 0. The van der Waals surface area contributed by atoms with Gasteiger partial charge in [0.15, 0.2) is 0 Å². The topological polar surface area (TPSA) is 196 Å². The maximum Gasteiger partial charge on any atom is 2.00 e. The van der Waals surface area contributed by atoms with E-state index >= 15 is 0 Å². The zero-order valence-electron chi connectivity index (χ0n) is 6.30. The third kappa shape index (κ3) is 3550. The number of rotatable bonds is 1. The molecule has 0 unspecified atom stereocenters. The summed E-state index contributed by atoms with van der Waals surface area (Å²) in [6.45, 7) is -0.278. The van der Waals surface area contributed by atoms with Crippen LogP contribution in [0.3, 0.4) is 0 Å². The molecule has 11 nitrogen and oxygen atoms in total. The van der Waals surface area contributed by atoms with E-state index in [0.717, 1.165) is 0 Å². The van der Waals surface area contributed by atoms with Crippen LogP contribution < -0.4 is 5.73 Å². The number of carbonyl (C=O) groups is 1. The summed E-state index contributed by atoms with van der Waals surface area (Å²) in [5, 5.41) is 37.1. The van der Waals surface area contributed by atoms with Crippen molar-refractivity contribution in [2.45, 2.75) is 0 Å². The molecule has 0 saturated heterocycles. The number of carboxylic acids is 1. The zero-order valence-corrected chi connectivity index (χ0v) is 8.57. The van der Waals surface area contributed by atoms with E-state index in [2.05, 4.69) is 5.73 Å². The molecule has 0 amide bonds. The van der Waals surface area contributed by atoms with Crippen molar-refractivity contribution in [1.82, 2.24) is 0 Å². The van der Waals surface area contributed by atoms with Crippen LogP contribution in [0.25, 0.3) is 0 Å². The summed E-state index contributed by atoms with van der Waals surface area (Å²) in [6.07, 6.45) is 0. The quantitative estimate of drug-likeness (QED) is 0.395. The van der Waals surface area contributed by atoms with E-state index in [9.17, 15) is 4.79 Å². The minimum atomic E-state index is -1.75. The summed E-state index contributed by atoms with van der Waals surface area (Å²) in [7, 11) is 0. The van der Waals surface area contributed by atoms with Crippen LogP contribution in [0, 0.1) is 30.6 Å². The van der Waals surface area contributed by atoms with E-state index in [1.54, 1.807) is 0 Å². The molecule has 0 aliphatic rings. The summed E-state index contributed by atoms with van der Waals surface area (Å²) in [6, 6.07) is 0. The third-order valence-electron chi connectivity index (χ3n) is 0.175. The molecule has 0 spiro atoms. The number of nitrogens with zero attached hydrogens (tertiary/aromatic N) is 2. The van der Waals surface area contributed by atoms with Crippen LogP contribution in [0.4, 0.5) is 0 Å². The molecule has 0 rings (SSSR count). The van der Waals surface area contributed by atoms with Gasteiger partial charge in [-0.15, -0.1) is 0 Å². The smallest absolute Gasteiger partial charge is 0.480 e. The first kappa shape index (κ1) is 22.9. The van der Waals surface area contributed by atoms with Crippen LogP contribution in [0.5, 0.6) is 0 Å². The van der Waals surface area contributed by atoms with Crippen LogP contribution in [0.1, 0.15) is 0 Å². The second-order valence-electron chi connectivity index (χ2n) is 1.05. The fourth-order valence-electron chi connectivity index (χ4n) is 0. The average Bonchev–Trinajstić information content (AvgIpc) is 1.84. The molecule has 0 bridgehead atoms. The van der Waals surface area contributed by atoms with Gasteiger partial charge < -0.3 is 41.5 Å². The number of aliphatic carboxylic acids is 1. The minimum absolute atomic E-state index is 0. The molecule has 0 aromatic carbocycles. The van der Waals surface area contributed by atoms with Gasteiger partial charge in [0.25, 0.3) is 0 Å². The molecule has 0 radical (unpaired) electrons. The predicted molar refractivity (Wildman–Crippen MR) is 37.4 cm³/mol. The number of hydrogen-bond acceptors (Lipinski definition) is 8. The van der Waals surface area contributed by atoms with Gasteiger partial charge >= 0.3 is 27.0 Å². The molecule has 0 fully saturated rings. The molecule has 3 N–H and O–H groups in total. The molecule has 0 atom stereocenters. The van der Waals surface area contributed by atoms with E-state index in [-0.39, 0.29) is 27.6 Å². The van der Waals surface area contributed by atoms with E-state index in [0.29, 0.717) is 0 Å². The molecule has 12 heteroatoms. The maximum atomic E-state index is 9.24. The molecule has 0 aliphatic heterocycles. The Morgan fingerprint density at radius 2 is 1.21 bits per heavy atom. The van der Waals surface area contributed by atoms with E-state index in [4.69, 9.17) is 35.7 Å². The second kappa shape index (κ2) is 17.6. The van der Waals surface area contributed by atoms with Crippen LogP contribution in [-0.4, -0.2) is 27.8 Å². The van der Waals surface area contributed by atoms with Crippen molar-refractivity contribution in [3.8, 4) is 0 Å². The fraction of sp³-hybridized carbons (Fsp3) is 0.500. The summed E-state index contributed by atoms with van der Waals surface area (Å²) in [5.41, 5.74) is 4.57. The Balaban J connectivity index is -0.0000000522. The molecule has 14 heavy (non-hydrogen) atoms. The van der Waals surface area contributed by atoms with Crippen molar-refractivity contribution in [1.29, 1.82) is 0 Å². The monoisotopic (exact) mass is 394 g/mol. The molecule has 0 saturated carbocycles. The van der Waals surface area contributed by atoms with Crippen molar-refractivity contribution >= 4 is 5.97 Å². The first-order valence-corrected chi connectivity index (χ1v) is 2.28. The van der Waals surface area contributed by atoms with Crippen molar-refractivity contribution in [3.05, 3.63) is 30.6 Å². The van der Waals surface area contributed by atoms with Gasteiger partial charge in [0.1, 0.15) is 0 Å². The van der Waals surface area contributed by atoms with Crippen molar-refractivity contribution in [3.63, 3.8) is 0 Å². The zero-order chi connectivity index (χ0) is 11.4. The molecule has 86 valence electrons. The van der Waals surface area contributed by atoms with Gasteiger partial charge in [-0.1, -0.05) is 0 Å². The van der Waals surface area contributed by atoms with Gasteiger partial charge in [-0.2, -0.15) is 0 Å². The van der Waals surface area contributed by atoms with Gasteiger partial charge in [0.2, 0.25) is 0 Å². The van der Waals surface area contributed by atoms with Gasteiger partial charge in [0, 0.05) is 0 Å². The number of carboxylic acid groups (broad SMARTS) is 1. The van der Waals surface area contributed by atoms with Gasteiger partial charge in [-0.3, -0.25) is 4.79 Å². The summed E-state index contributed by atoms with van der Waals surface area (Å²) in [5.74, 6) is -0.968. The summed E-state index contributed by atoms with van der Waals surface area (Å²) < 4.78 is 0. The van der Waals surface area contributed by atoms with Crippen LogP contribution >= 0.6 is 0 Å². The van der Waals surface area contributed by atoms with Crippen LogP contribution in [-0.2, 0) is 25.9 Å². The predicted octanol–water partition coefficient (Wildman–Crippen LogP) is -1.45. The molecule has 0 aromatic heterocycles. The average molecular weight is 394 g/mol. The number of nitrogens with two attached hydrogens (primary N) is 1. The normalized spacial score (nSPS) is 6.07. The molecule has 0 aliphatic carbocycles. The third-order valence-corrected chi connectivity index (χ3v) is 0.175. The molecular weight excluding hydrogens is 389 g/mol. The Morgan fingerprint density at radius 3 is 1.21 bits per heavy atom. The summed E-state index contributed by atoms with van der Waals surface area (Å²) >= 11 is 0. The Hall–Kier alpha value is -1.48. The SMILES string of the molecule is NCC(=O)O.O=[N+]([O-])[O-].O=[N+]([O-])[O-].[Pt+2]. The standard InChI is InChI=1S/C2H5NO2.2NO3.Pt/c3-1-2(4)5;2*2-1(3)4;/h1,3H2,(H,4,5);;;/q;2*-1;+2. The second-order valence-corrected chi connectivity index (χ2v) is 1.05. The Bertz CT molecular complexity index is 152. The molecule has 0 heterocycles. The first-order chi connectivity index (χ1) is 5.73. The van der Waals surface area contributed by atoms with Crippen molar-refractivity contribution in [2.75, 3.05) is 6.54 Å². The molecular formula is C2H5N3O8Pt. The summed E-state index contributed by atoms with van der Waals surface area (Å²) in [4.78, 5) is 25.7. The van der Waals surface area contributed by atoms with E-state index in [1.165, 1.54) is 0 Å². The van der Waals surface area contributed by atoms with Crippen LogP contribution in [0.15, 0.2) is 0 Å². The Morgan fingerprint density at radius 1 is 1.14 bits per heavy atom. The van der Waals surface area contributed by atoms with Gasteiger partial charge in [-0.25, -0.2) is 0 Å². The molecule has 0 aromatic rings. The number of hydrogen-bond donors (Lipinski definition) is 2. The van der Waals surface area contributed by atoms with Crippen LogP contribution in [0.2, 0.25) is 0 Å². The first-order valence-electron chi connectivity index (χ1n) is 2.28. The van der Waals surface area contributed by atoms with Crippen molar-refractivity contribution in [2.24, 2.45) is 5.73 Å². The van der Waals surface area contributed by atoms with Gasteiger partial charge in [0.05, 0.1) is 16.7 Å². The Labute approximate surface area is 90.6 Å². The van der Waals surface area contributed by atoms with Crippen molar-refractivity contribution < 1.29 is 41.1 Å². The van der Waals surface area contributed by atoms with Gasteiger partial charge in [-0.05, 0) is 0 Å². The Kier molecular flexibility index (Phi) is 28.7. The largest absolute Gasteiger partial charge is 2.00 e. The van der Waals surface area contributed by atoms with E-state index < -0.39 is 16.1 Å².